The monoisotopic (exact) mass is 291 g/mol. The van der Waals surface area contributed by atoms with Gasteiger partial charge >= 0.3 is 0 Å². The van der Waals surface area contributed by atoms with Crippen molar-refractivity contribution >= 4 is 0 Å². The van der Waals surface area contributed by atoms with Crippen LogP contribution in [-0.4, -0.2) is 13.7 Å². The Morgan fingerprint density at radius 1 is 1.10 bits per heavy atom. The highest BCUT2D eigenvalue weighted by atomic mass is 19.1. The number of hydrogen-bond donors (Lipinski definition) is 1. The molecule has 0 bridgehead atoms. The van der Waals surface area contributed by atoms with E-state index in [4.69, 9.17) is 4.74 Å². The number of methoxy groups -OCH3 is 1. The van der Waals surface area contributed by atoms with Crippen molar-refractivity contribution < 1.29 is 13.5 Å². The van der Waals surface area contributed by atoms with Crippen LogP contribution in [0.2, 0.25) is 0 Å². The van der Waals surface area contributed by atoms with Crippen molar-refractivity contribution in [2.75, 3.05) is 13.7 Å². The third-order valence-electron chi connectivity index (χ3n) is 3.41. The Morgan fingerprint density at radius 2 is 1.76 bits per heavy atom. The largest absolute Gasteiger partial charge is 0.497 e. The molecule has 2 rings (SSSR count). The van der Waals surface area contributed by atoms with Crippen LogP contribution in [0.25, 0.3) is 0 Å². The average molecular weight is 291 g/mol. The third kappa shape index (κ3) is 3.58. The van der Waals surface area contributed by atoms with Gasteiger partial charge in [-0.2, -0.15) is 0 Å². The van der Waals surface area contributed by atoms with E-state index in [-0.39, 0.29) is 6.04 Å². The van der Waals surface area contributed by atoms with Crippen LogP contribution in [0.4, 0.5) is 8.78 Å². The summed E-state index contributed by atoms with van der Waals surface area (Å²) in [4.78, 5) is 0. The van der Waals surface area contributed by atoms with E-state index in [0.29, 0.717) is 12.1 Å². The third-order valence-corrected chi connectivity index (χ3v) is 3.41. The van der Waals surface area contributed by atoms with Gasteiger partial charge in [-0.1, -0.05) is 13.0 Å². The molecule has 0 aliphatic heterocycles. The smallest absolute Gasteiger partial charge is 0.126 e. The topological polar surface area (TPSA) is 21.3 Å². The zero-order valence-electron chi connectivity index (χ0n) is 12.4. The fourth-order valence-electron chi connectivity index (χ4n) is 2.45. The van der Waals surface area contributed by atoms with E-state index in [1.54, 1.807) is 7.11 Å². The fourth-order valence-corrected chi connectivity index (χ4v) is 2.45. The Labute approximate surface area is 123 Å². The summed E-state index contributed by atoms with van der Waals surface area (Å²) in [5.74, 6) is -0.380. The van der Waals surface area contributed by atoms with Crippen LogP contribution in [0.1, 0.15) is 29.7 Å². The van der Waals surface area contributed by atoms with Gasteiger partial charge in [0.25, 0.3) is 0 Å². The summed E-state index contributed by atoms with van der Waals surface area (Å²) in [6.07, 6.45) is 0. The molecule has 1 unspecified atom stereocenters. The van der Waals surface area contributed by atoms with Gasteiger partial charge in [0.15, 0.2) is 0 Å². The zero-order valence-corrected chi connectivity index (χ0v) is 12.4. The lowest BCUT2D eigenvalue weighted by Crippen LogP contribution is -2.23. The lowest BCUT2D eigenvalue weighted by atomic mass is 9.94. The molecule has 0 fully saturated rings. The van der Waals surface area contributed by atoms with E-state index in [1.165, 1.54) is 12.1 Å². The number of ether oxygens (including phenoxy) is 1. The van der Waals surface area contributed by atoms with Gasteiger partial charge in [0, 0.05) is 6.07 Å². The Hall–Kier alpha value is -1.94. The number of rotatable bonds is 5. The second-order valence-corrected chi connectivity index (χ2v) is 4.92. The number of benzene rings is 2. The van der Waals surface area contributed by atoms with Crippen LogP contribution in [0, 0.1) is 18.6 Å². The molecular formula is C17H19F2NO. The average Bonchev–Trinajstić information content (AvgIpc) is 2.44. The summed E-state index contributed by atoms with van der Waals surface area (Å²) in [6.45, 7) is 4.60. The molecule has 21 heavy (non-hydrogen) atoms. The summed E-state index contributed by atoms with van der Waals surface area (Å²) in [7, 11) is 1.61. The Bertz CT molecular complexity index is 608. The van der Waals surface area contributed by atoms with Gasteiger partial charge in [-0.05, 0) is 54.4 Å². The molecule has 1 atom stereocenters. The molecule has 4 heteroatoms. The highest BCUT2D eigenvalue weighted by Gasteiger charge is 2.17. The molecule has 0 amide bonds. The van der Waals surface area contributed by atoms with Gasteiger partial charge in [0.2, 0.25) is 0 Å². The Kier molecular flexibility index (Phi) is 4.91. The first kappa shape index (κ1) is 15.4. The minimum Gasteiger partial charge on any atom is -0.497 e. The van der Waals surface area contributed by atoms with Crippen LogP contribution in [-0.2, 0) is 0 Å². The van der Waals surface area contributed by atoms with Crippen LogP contribution in [0.3, 0.4) is 0 Å². The minimum atomic E-state index is -0.570. The van der Waals surface area contributed by atoms with Gasteiger partial charge in [-0.3, -0.25) is 0 Å². The first-order valence-corrected chi connectivity index (χ1v) is 6.89. The number of hydrogen-bond acceptors (Lipinski definition) is 2. The first-order valence-electron chi connectivity index (χ1n) is 6.89. The molecule has 2 aromatic carbocycles. The second-order valence-electron chi connectivity index (χ2n) is 4.92. The van der Waals surface area contributed by atoms with Crippen molar-refractivity contribution in [3.8, 4) is 5.75 Å². The molecule has 2 aromatic rings. The molecule has 2 nitrogen and oxygen atoms in total. The van der Waals surface area contributed by atoms with Gasteiger partial charge < -0.3 is 10.1 Å². The summed E-state index contributed by atoms with van der Waals surface area (Å²) in [5, 5.41) is 3.27. The molecule has 0 radical (unpaired) electrons. The number of halogens is 2. The molecule has 1 N–H and O–H groups in total. The molecule has 0 saturated heterocycles. The van der Waals surface area contributed by atoms with Crippen molar-refractivity contribution in [1.82, 2.24) is 5.32 Å². The van der Waals surface area contributed by atoms with Gasteiger partial charge in [0.1, 0.15) is 17.4 Å². The number of nitrogens with one attached hydrogen (secondary N) is 1. The van der Waals surface area contributed by atoms with Crippen LogP contribution < -0.4 is 10.1 Å². The first-order chi connectivity index (χ1) is 10.0. The molecule has 112 valence electrons. The number of aryl methyl sites for hydroxylation is 1. The molecular weight excluding hydrogens is 272 g/mol. The van der Waals surface area contributed by atoms with Gasteiger partial charge in [-0.25, -0.2) is 8.78 Å². The lowest BCUT2D eigenvalue weighted by molar-refractivity contribution is 0.414. The fraction of sp³-hybridized carbons (Fsp3) is 0.294. The normalized spacial score (nSPS) is 12.2. The SMILES string of the molecule is CCNC(c1cc(F)cc(F)c1)c1ccc(OC)cc1C. The molecule has 0 heterocycles. The molecule has 0 aliphatic rings. The standard InChI is InChI=1S/C17H19F2NO/c1-4-20-17(12-8-13(18)10-14(19)9-12)16-6-5-15(21-3)7-11(16)2/h5-10,17,20H,4H2,1-3H3. The quantitative estimate of drug-likeness (QED) is 0.899. The molecule has 0 aromatic heterocycles. The van der Waals surface area contributed by atoms with Crippen molar-refractivity contribution in [1.29, 1.82) is 0 Å². The Balaban J connectivity index is 2.47. The van der Waals surface area contributed by atoms with E-state index in [0.717, 1.165) is 22.9 Å². The van der Waals surface area contributed by atoms with E-state index < -0.39 is 11.6 Å². The maximum atomic E-state index is 13.5. The van der Waals surface area contributed by atoms with Crippen molar-refractivity contribution in [3.05, 3.63) is 64.7 Å². The van der Waals surface area contributed by atoms with E-state index in [1.807, 2.05) is 32.0 Å². The second kappa shape index (κ2) is 6.68. The van der Waals surface area contributed by atoms with Crippen LogP contribution in [0.15, 0.2) is 36.4 Å². The predicted octanol–water partition coefficient (Wildman–Crippen LogP) is 3.98. The van der Waals surface area contributed by atoms with Crippen LogP contribution in [0.5, 0.6) is 5.75 Å². The highest BCUT2D eigenvalue weighted by Crippen LogP contribution is 2.28. The maximum Gasteiger partial charge on any atom is 0.126 e. The summed E-state index contributed by atoms with van der Waals surface area (Å²) in [5.41, 5.74) is 2.55. The molecule has 0 spiro atoms. The predicted molar refractivity (Wildman–Crippen MR) is 79.6 cm³/mol. The van der Waals surface area contributed by atoms with Crippen molar-refractivity contribution in [2.45, 2.75) is 19.9 Å². The van der Waals surface area contributed by atoms with Gasteiger partial charge in [-0.15, -0.1) is 0 Å². The zero-order chi connectivity index (χ0) is 15.4. The minimum absolute atomic E-state index is 0.258. The summed E-state index contributed by atoms with van der Waals surface area (Å²) < 4.78 is 32.1. The summed E-state index contributed by atoms with van der Waals surface area (Å²) >= 11 is 0. The van der Waals surface area contributed by atoms with Gasteiger partial charge in [0.05, 0.1) is 13.2 Å². The van der Waals surface area contributed by atoms with E-state index in [9.17, 15) is 8.78 Å². The van der Waals surface area contributed by atoms with Crippen molar-refractivity contribution in [2.24, 2.45) is 0 Å². The van der Waals surface area contributed by atoms with E-state index in [2.05, 4.69) is 5.32 Å². The highest BCUT2D eigenvalue weighted by molar-refractivity contribution is 5.41. The van der Waals surface area contributed by atoms with Crippen LogP contribution >= 0.6 is 0 Å². The van der Waals surface area contributed by atoms with E-state index >= 15 is 0 Å². The van der Waals surface area contributed by atoms with Crippen molar-refractivity contribution in [3.63, 3.8) is 0 Å². The summed E-state index contributed by atoms with van der Waals surface area (Å²) in [6, 6.07) is 9.03. The molecule has 0 aliphatic carbocycles. The lowest BCUT2D eigenvalue weighted by Gasteiger charge is -2.21. The molecule has 0 saturated carbocycles. The Morgan fingerprint density at radius 3 is 2.29 bits per heavy atom. The maximum absolute atomic E-state index is 13.5.